The molecule has 0 atom stereocenters. The molecule has 2 rings (SSSR count). The van der Waals surface area contributed by atoms with Crippen LogP contribution < -0.4 is 4.74 Å². The average molecular weight is 286 g/mol. The quantitative estimate of drug-likeness (QED) is 0.669. The maximum absolute atomic E-state index is 14.1. The molecule has 0 heterocycles. The third kappa shape index (κ3) is 3.21. The molecule has 0 amide bonds. The van der Waals surface area contributed by atoms with E-state index in [-0.39, 0.29) is 11.6 Å². The second-order valence-corrected chi connectivity index (χ2v) is 4.78. The van der Waals surface area contributed by atoms with Crippen LogP contribution in [0.4, 0.5) is 17.6 Å². The van der Waals surface area contributed by atoms with Crippen molar-refractivity contribution in [3.8, 4) is 5.75 Å². The van der Waals surface area contributed by atoms with Crippen molar-refractivity contribution in [2.75, 3.05) is 0 Å². The summed E-state index contributed by atoms with van der Waals surface area (Å²) in [5.41, 5.74) is 2.10. The molecule has 0 saturated carbocycles. The number of hydrogen-bond donors (Lipinski definition) is 0. The first-order valence-corrected chi connectivity index (χ1v) is 6.20. The third-order valence-corrected chi connectivity index (χ3v) is 3.21. The molecule has 0 fully saturated rings. The van der Waals surface area contributed by atoms with Gasteiger partial charge in [-0.3, -0.25) is 0 Å². The zero-order valence-electron chi connectivity index (χ0n) is 11.1. The van der Waals surface area contributed by atoms with Gasteiger partial charge in [-0.25, -0.2) is 4.39 Å². The molecule has 0 unspecified atom stereocenters. The van der Waals surface area contributed by atoms with E-state index in [1.165, 1.54) is 18.2 Å². The van der Waals surface area contributed by atoms with E-state index in [2.05, 4.69) is 4.74 Å². The van der Waals surface area contributed by atoms with Gasteiger partial charge in [0.05, 0.1) is 0 Å². The molecule has 0 radical (unpaired) electrons. The first-order valence-electron chi connectivity index (χ1n) is 6.20. The van der Waals surface area contributed by atoms with Crippen LogP contribution in [0.3, 0.4) is 0 Å². The largest absolute Gasteiger partial charge is 0.573 e. The number of alkyl halides is 3. The maximum Gasteiger partial charge on any atom is 0.573 e. The Labute approximate surface area is 114 Å². The zero-order valence-corrected chi connectivity index (χ0v) is 11.1. The monoisotopic (exact) mass is 286 g/mol. The van der Waals surface area contributed by atoms with Gasteiger partial charge in [-0.05, 0) is 55.5 Å². The van der Waals surface area contributed by atoms with Gasteiger partial charge in [-0.2, -0.15) is 0 Å². The van der Waals surface area contributed by atoms with E-state index in [1.54, 1.807) is 19.9 Å². The normalized spacial score (nSPS) is 16.2. The highest BCUT2D eigenvalue weighted by atomic mass is 19.4. The van der Waals surface area contributed by atoms with Gasteiger partial charge >= 0.3 is 6.36 Å². The molecule has 1 aromatic carbocycles. The van der Waals surface area contributed by atoms with Crippen molar-refractivity contribution in [1.82, 2.24) is 0 Å². The summed E-state index contributed by atoms with van der Waals surface area (Å²) in [6, 6.07) is 3.95. The summed E-state index contributed by atoms with van der Waals surface area (Å²) in [7, 11) is 0. The Morgan fingerprint density at radius 3 is 2.50 bits per heavy atom. The first kappa shape index (κ1) is 14.6. The highest BCUT2D eigenvalue weighted by molar-refractivity contribution is 5.81. The summed E-state index contributed by atoms with van der Waals surface area (Å²) >= 11 is 0. The molecule has 1 nitrogen and oxygen atoms in total. The van der Waals surface area contributed by atoms with Crippen LogP contribution in [-0.2, 0) is 0 Å². The summed E-state index contributed by atoms with van der Waals surface area (Å²) in [5, 5.41) is 0. The molecule has 0 aliphatic heterocycles. The summed E-state index contributed by atoms with van der Waals surface area (Å²) in [6.45, 7) is 3.42. The first-order chi connectivity index (χ1) is 9.28. The summed E-state index contributed by atoms with van der Waals surface area (Å²) in [6.07, 6.45) is -1.73. The smallest absolute Gasteiger partial charge is 0.406 e. The molecule has 1 aromatic rings. The molecule has 0 bridgehead atoms. The van der Waals surface area contributed by atoms with Crippen molar-refractivity contribution < 1.29 is 22.3 Å². The second-order valence-electron chi connectivity index (χ2n) is 4.78. The van der Waals surface area contributed by atoms with Gasteiger partial charge in [0.15, 0.2) is 0 Å². The van der Waals surface area contributed by atoms with Crippen LogP contribution in [0.25, 0.3) is 5.57 Å². The van der Waals surface area contributed by atoms with E-state index in [0.29, 0.717) is 35.1 Å². The molecular formula is C15H14F4O. The van der Waals surface area contributed by atoms with Crippen molar-refractivity contribution >= 4 is 5.57 Å². The number of halogens is 4. The lowest BCUT2D eigenvalue weighted by atomic mass is 9.91. The maximum atomic E-state index is 14.1. The Kier molecular flexibility index (Phi) is 3.88. The fourth-order valence-electron chi connectivity index (χ4n) is 2.18. The number of benzene rings is 1. The lowest BCUT2D eigenvalue weighted by Gasteiger charge is -2.17. The van der Waals surface area contributed by atoms with Crippen LogP contribution in [0.5, 0.6) is 5.75 Å². The fraction of sp³-hybridized carbons (Fsp3) is 0.333. The van der Waals surface area contributed by atoms with Crippen LogP contribution in [0.15, 0.2) is 35.7 Å². The van der Waals surface area contributed by atoms with E-state index < -0.39 is 6.36 Å². The van der Waals surface area contributed by atoms with Crippen molar-refractivity contribution in [3.05, 3.63) is 46.8 Å². The Morgan fingerprint density at radius 2 is 1.85 bits per heavy atom. The lowest BCUT2D eigenvalue weighted by molar-refractivity contribution is -0.274. The van der Waals surface area contributed by atoms with Crippen molar-refractivity contribution in [2.24, 2.45) is 0 Å². The second kappa shape index (κ2) is 5.31. The molecule has 108 valence electrons. The lowest BCUT2D eigenvalue weighted by Crippen LogP contribution is -2.17. The molecular weight excluding hydrogens is 272 g/mol. The van der Waals surface area contributed by atoms with E-state index in [0.717, 1.165) is 0 Å². The summed E-state index contributed by atoms with van der Waals surface area (Å²) < 4.78 is 54.7. The molecule has 1 aliphatic carbocycles. The Hall–Kier alpha value is -1.78. The van der Waals surface area contributed by atoms with E-state index >= 15 is 0 Å². The summed E-state index contributed by atoms with van der Waals surface area (Å²) in [4.78, 5) is 0. The van der Waals surface area contributed by atoms with Gasteiger partial charge in [0.25, 0.3) is 0 Å². The topological polar surface area (TPSA) is 9.23 Å². The van der Waals surface area contributed by atoms with Gasteiger partial charge in [0.2, 0.25) is 0 Å². The highest BCUT2D eigenvalue weighted by Crippen LogP contribution is 2.36. The molecule has 0 saturated heterocycles. The third-order valence-electron chi connectivity index (χ3n) is 3.21. The van der Waals surface area contributed by atoms with Crippen LogP contribution in [0.1, 0.15) is 30.9 Å². The minimum atomic E-state index is -4.75. The minimum absolute atomic E-state index is 0.338. The standard InChI is InChI=1S/C15H14F4O/c1-9-6-7-11(20-15(17,18)19)8-13(9)12-5-3-4-10(2)14(12)16/h5-8H,3-4H2,1-2H3. The number of rotatable bonds is 2. The van der Waals surface area contributed by atoms with Crippen molar-refractivity contribution in [2.45, 2.75) is 33.1 Å². The average Bonchev–Trinajstić information content (AvgIpc) is 2.34. The predicted molar refractivity (Wildman–Crippen MR) is 68.9 cm³/mol. The van der Waals surface area contributed by atoms with E-state index in [9.17, 15) is 17.6 Å². The van der Waals surface area contributed by atoms with Crippen molar-refractivity contribution in [3.63, 3.8) is 0 Å². The molecule has 0 N–H and O–H groups in total. The molecule has 5 heteroatoms. The Morgan fingerprint density at radius 1 is 1.15 bits per heavy atom. The van der Waals surface area contributed by atoms with Gasteiger partial charge in [0.1, 0.15) is 11.6 Å². The van der Waals surface area contributed by atoms with Crippen LogP contribution in [-0.4, -0.2) is 6.36 Å². The summed E-state index contributed by atoms with van der Waals surface area (Å²) in [5.74, 6) is -0.696. The molecule has 1 aliphatic rings. The molecule has 0 aromatic heterocycles. The van der Waals surface area contributed by atoms with E-state index in [1.807, 2.05) is 0 Å². The Balaban J connectivity index is 2.42. The fourth-order valence-corrected chi connectivity index (χ4v) is 2.18. The molecule has 20 heavy (non-hydrogen) atoms. The number of allylic oxidation sites excluding steroid dienone is 4. The zero-order chi connectivity index (χ0) is 14.9. The van der Waals surface area contributed by atoms with Crippen LogP contribution >= 0.6 is 0 Å². The van der Waals surface area contributed by atoms with E-state index in [4.69, 9.17) is 0 Å². The minimum Gasteiger partial charge on any atom is -0.406 e. The number of aryl methyl sites for hydroxylation is 1. The number of ether oxygens (including phenoxy) is 1. The predicted octanol–water partition coefficient (Wildman–Crippen LogP) is 5.31. The van der Waals surface area contributed by atoms with Crippen LogP contribution in [0, 0.1) is 6.92 Å². The van der Waals surface area contributed by atoms with Crippen molar-refractivity contribution in [1.29, 1.82) is 0 Å². The van der Waals surface area contributed by atoms with Gasteiger partial charge in [-0.15, -0.1) is 13.2 Å². The Bertz CT molecular complexity index is 582. The molecule has 0 spiro atoms. The SMILES string of the molecule is CC1=C(F)C(c2cc(OC(F)(F)F)ccc2C)=CCC1. The highest BCUT2D eigenvalue weighted by Gasteiger charge is 2.31. The van der Waals surface area contributed by atoms with Gasteiger partial charge < -0.3 is 4.74 Å². The number of hydrogen-bond acceptors (Lipinski definition) is 1. The van der Waals surface area contributed by atoms with Gasteiger partial charge in [-0.1, -0.05) is 12.1 Å². The van der Waals surface area contributed by atoms with Crippen LogP contribution in [0.2, 0.25) is 0 Å². The van der Waals surface area contributed by atoms with Gasteiger partial charge in [0, 0.05) is 5.57 Å².